The number of amides is 2. The maximum absolute atomic E-state index is 12.7. The minimum Gasteiger partial charge on any atom is -0.467 e. The maximum atomic E-state index is 12.7. The normalized spacial score (nSPS) is 39.1. The molecule has 5 rings (SSSR count). The van der Waals surface area contributed by atoms with Crippen LogP contribution in [0.5, 0.6) is 0 Å². The van der Waals surface area contributed by atoms with Crippen LogP contribution in [0.15, 0.2) is 35.0 Å². The molecule has 3 fully saturated rings. The van der Waals surface area contributed by atoms with Crippen molar-refractivity contribution in [2.75, 3.05) is 0 Å². The standard InChI is InChI=1S/C16H15NO3/c18-14-12-10-3-4-11(16(10)5-6-16)13(12)15(19)17(14)8-9-2-1-7-20-9/h1-4,7,10-13H,5-6,8H2/t10-,11-,12+,13+/m1/s1. The van der Waals surface area contributed by atoms with Gasteiger partial charge in [-0.1, -0.05) is 12.2 Å². The lowest BCUT2D eigenvalue weighted by Crippen LogP contribution is -2.34. The summed E-state index contributed by atoms with van der Waals surface area (Å²) in [6, 6.07) is 3.59. The highest BCUT2D eigenvalue weighted by Gasteiger charge is 2.73. The lowest BCUT2D eigenvalue weighted by Gasteiger charge is -2.20. The van der Waals surface area contributed by atoms with Gasteiger partial charge < -0.3 is 4.42 Å². The van der Waals surface area contributed by atoms with E-state index in [0.29, 0.717) is 17.6 Å². The fraction of sp³-hybridized carbons (Fsp3) is 0.500. The molecule has 20 heavy (non-hydrogen) atoms. The van der Waals surface area contributed by atoms with Gasteiger partial charge >= 0.3 is 0 Å². The Morgan fingerprint density at radius 2 is 1.80 bits per heavy atom. The number of fused-ring (bicyclic) bond motifs is 3. The molecule has 102 valence electrons. The van der Waals surface area contributed by atoms with Crippen LogP contribution in [0.3, 0.4) is 0 Å². The Kier molecular flexibility index (Phi) is 1.77. The van der Waals surface area contributed by atoms with Gasteiger partial charge in [0, 0.05) is 0 Å². The van der Waals surface area contributed by atoms with Gasteiger partial charge in [-0.15, -0.1) is 0 Å². The number of hydrogen-bond acceptors (Lipinski definition) is 3. The first kappa shape index (κ1) is 10.9. The molecule has 2 heterocycles. The molecule has 0 aromatic carbocycles. The molecular weight excluding hydrogens is 254 g/mol. The predicted octanol–water partition coefficient (Wildman–Crippen LogP) is 1.98. The Hall–Kier alpha value is -1.84. The van der Waals surface area contributed by atoms with E-state index in [-0.39, 0.29) is 35.6 Å². The maximum Gasteiger partial charge on any atom is 0.234 e. The van der Waals surface area contributed by atoms with Crippen LogP contribution in [-0.4, -0.2) is 16.7 Å². The van der Waals surface area contributed by atoms with E-state index < -0.39 is 0 Å². The summed E-state index contributed by atoms with van der Waals surface area (Å²) in [5.41, 5.74) is 0.275. The molecule has 0 unspecified atom stereocenters. The van der Waals surface area contributed by atoms with Crippen LogP contribution >= 0.6 is 0 Å². The van der Waals surface area contributed by atoms with E-state index in [0.717, 1.165) is 0 Å². The van der Waals surface area contributed by atoms with Gasteiger partial charge in [0.15, 0.2) is 0 Å². The van der Waals surface area contributed by atoms with Crippen LogP contribution in [-0.2, 0) is 16.1 Å². The molecule has 4 atom stereocenters. The van der Waals surface area contributed by atoms with Gasteiger partial charge in [0.05, 0.1) is 24.6 Å². The van der Waals surface area contributed by atoms with E-state index in [1.54, 1.807) is 12.3 Å². The van der Waals surface area contributed by atoms with E-state index >= 15 is 0 Å². The summed E-state index contributed by atoms with van der Waals surface area (Å²) in [5.74, 6) is 1.10. The van der Waals surface area contributed by atoms with Crippen molar-refractivity contribution in [1.29, 1.82) is 0 Å². The summed E-state index contributed by atoms with van der Waals surface area (Å²) in [4.78, 5) is 26.7. The SMILES string of the molecule is O=C1[C@@H]2[C@@H](C(=O)N1Cc1ccco1)[C@H]1C=C[C@H]2C12CC2. The average molecular weight is 269 g/mol. The second-order valence-corrected chi connectivity index (χ2v) is 6.56. The molecule has 1 spiro atoms. The summed E-state index contributed by atoms with van der Waals surface area (Å²) in [7, 11) is 0. The predicted molar refractivity (Wildman–Crippen MR) is 69.0 cm³/mol. The molecule has 3 aliphatic carbocycles. The van der Waals surface area contributed by atoms with Gasteiger partial charge in [-0.2, -0.15) is 0 Å². The molecule has 2 amide bonds. The number of furan rings is 1. The van der Waals surface area contributed by atoms with Gasteiger partial charge in [-0.25, -0.2) is 0 Å². The number of allylic oxidation sites excluding steroid dienone is 2. The summed E-state index contributed by atoms with van der Waals surface area (Å²) in [6.07, 6.45) is 8.33. The van der Waals surface area contributed by atoms with Crippen LogP contribution in [0.4, 0.5) is 0 Å². The molecule has 1 aromatic heterocycles. The quantitative estimate of drug-likeness (QED) is 0.609. The molecule has 4 aliphatic rings. The van der Waals surface area contributed by atoms with Gasteiger partial charge in [0.2, 0.25) is 11.8 Å². The fourth-order valence-corrected chi connectivity index (χ4v) is 4.85. The van der Waals surface area contributed by atoms with Gasteiger partial charge in [-0.05, 0) is 42.2 Å². The zero-order valence-electron chi connectivity index (χ0n) is 11.0. The highest BCUT2D eigenvalue weighted by molar-refractivity contribution is 6.06. The monoisotopic (exact) mass is 269 g/mol. The number of imide groups is 1. The number of carbonyl (C=O) groups is 2. The molecule has 0 radical (unpaired) electrons. The van der Waals surface area contributed by atoms with Crippen LogP contribution in [0, 0.1) is 29.1 Å². The Morgan fingerprint density at radius 3 is 2.30 bits per heavy atom. The molecule has 4 nitrogen and oxygen atoms in total. The Balaban J connectivity index is 1.50. The van der Waals surface area contributed by atoms with E-state index in [2.05, 4.69) is 12.2 Å². The molecule has 2 saturated carbocycles. The third-order valence-corrected chi connectivity index (χ3v) is 5.84. The second kappa shape index (κ2) is 3.25. The highest BCUT2D eigenvalue weighted by Crippen LogP contribution is 2.73. The van der Waals surface area contributed by atoms with Crippen LogP contribution in [0.25, 0.3) is 0 Å². The van der Waals surface area contributed by atoms with Crippen molar-refractivity contribution in [3.63, 3.8) is 0 Å². The summed E-state index contributed by atoms with van der Waals surface area (Å²) < 4.78 is 5.28. The van der Waals surface area contributed by atoms with Crippen LogP contribution in [0.2, 0.25) is 0 Å². The van der Waals surface area contributed by atoms with Crippen molar-refractivity contribution < 1.29 is 14.0 Å². The first-order valence-electron chi connectivity index (χ1n) is 7.28. The first-order chi connectivity index (χ1) is 9.72. The van der Waals surface area contributed by atoms with E-state index in [4.69, 9.17) is 4.42 Å². The largest absolute Gasteiger partial charge is 0.467 e. The molecule has 1 saturated heterocycles. The van der Waals surface area contributed by atoms with Crippen molar-refractivity contribution in [3.05, 3.63) is 36.3 Å². The topological polar surface area (TPSA) is 50.5 Å². The Bertz CT molecular complexity index is 607. The highest BCUT2D eigenvalue weighted by atomic mass is 16.3. The lowest BCUT2D eigenvalue weighted by molar-refractivity contribution is -0.142. The van der Waals surface area contributed by atoms with E-state index in [9.17, 15) is 9.59 Å². The summed E-state index contributed by atoms with van der Waals surface area (Å²) in [6.45, 7) is 0.282. The minimum absolute atomic E-state index is 0.0134. The average Bonchev–Trinajstić information content (AvgIpc) is 2.73. The molecular formula is C16H15NO3. The molecule has 0 N–H and O–H groups in total. The second-order valence-electron chi connectivity index (χ2n) is 6.56. The Morgan fingerprint density at radius 1 is 1.15 bits per heavy atom. The lowest BCUT2D eigenvalue weighted by atomic mass is 9.85. The van der Waals surface area contributed by atoms with Gasteiger partial charge in [0.25, 0.3) is 0 Å². The van der Waals surface area contributed by atoms with Crippen LogP contribution in [0.1, 0.15) is 18.6 Å². The first-order valence-corrected chi connectivity index (χ1v) is 7.28. The van der Waals surface area contributed by atoms with Gasteiger partial charge in [-0.3, -0.25) is 14.5 Å². The number of carbonyl (C=O) groups excluding carboxylic acids is 2. The molecule has 1 aromatic rings. The van der Waals surface area contributed by atoms with Crippen LogP contribution < -0.4 is 0 Å². The number of rotatable bonds is 2. The van der Waals surface area contributed by atoms with E-state index in [1.165, 1.54) is 17.7 Å². The number of hydrogen-bond donors (Lipinski definition) is 0. The Labute approximate surface area is 116 Å². The van der Waals surface area contributed by atoms with E-state index in [1.807, 2.05) is 6.07 Å². The van der Waals surface area contributed by atoms with Crippen molar-refractivity contribution in [2.24, 2.45) is 29.1 Å². The third-order valence-electron chi connectivity index (χ3n) is 5.84. The number of likely N-dealkylation sites (tertiary alicyclic amines) is 1. The van der Waals surface area contributed by atoms with Gasteiger partial charge in [0.1, 0.15) is 5.76 Å². The van der Waals surface area contributed by atoms with Crippen molar-refractivity contribution in [3.8, 4) is 0 Å². The smallest absolute Gasteiger partial charge is 0.234 e. The zero-order valence-corrected chi connectivity index (χ0v) is 11.0. The van der Waals surface area contributed by atoms with Crippen molar-refractivity contribution in [1.82, 2.24) is 4.90 Å². The summed E-state index contributed by atoms with van der Waals surface area (Å²) in [5, 5.41) is 0. The van der Waals surface area contributed by atoms with Crippen molar-refractivity contribution >= 4 is 11.8 Å². The van der Waals surface area contributed by atoms with Crippen molar-refractivity contribution in [2.45, 2.75) is 19.4 Å². The zero-order chi connectivity index (χ0) is 13.5. The molecule has 4 heteroatoms. The minimum atomic E-state index is -0.102. The number of nitrogens with zero attached hydrogens (tertiary/aromatic N) is 1. The molecule has 2 bridgehead atoms. The summed E-state index contributed by atoms with van der Waals surface area (Å²) >= 11 is 0. The fourth-order valence-electron chi connectivity index (χ4n) is 4.85. The molecule has 1 aliphatic heterocycles. The third kappa shape index (κ3) is 1.06.